The molecular weight excluding hydrogens is 368 g/mol. The normalized spacial score (nSPS) is 14.2. The Morgan fingerprint density at radius 1 is 1.12 bits per heavy atom. The van der Waals surface area contributed by atoms with E-state index in [0.717, 1.165) is 31.5 Å². The Bertz CT molecular complexity index is 730. The molecule has 6 nitrogen and oxygen atoms in total. The highest BCUT2D eigenvalue weighted by Crippen LogP contribution is 2.26. The molecule has 2 amide bonds. The zero-order chi connectivity index (χ0) is 18.2. The number of hydrogen-bond acceptors (Lipinski definition) is 6. The van der Waals surface area contributed by atoms with Gasteiger partial charge in [-0.25, -0.2) is 0 Å². The first-order valence-electron chi connectivity index (χ1n) is 8.78. The minimum absolute atomic E-state index is 0.0778. The van der Waals surface area contributed by atoms with Crippen molar-refractivity contribution >= 4 is 40.0 Å². The molecule has 2 heterocycles. The van der Waals surface area contributed by atoms with Gasteiger partial charge in [0.2, 0.25) is 16.9 Å². The first-order valence-corrected chi connectivity index (χ1v) is 10.6. The summed E-state index contributed by atoms with van der Waals surface area (Å²) in [5.74, 6) is 0.445. The van der Waals surface area contributed by atoms with Gasteiger partial charge in [-0.05, 0) is 31.2 Å². The second kappa shape index (κ2) is 9.68. The SMILES string of the molecule is O=C(CCc1ccccc1)Nc1nnc(SCC(=O)N2CCCCC2)s1. The fraction of sp³-hybridized carbons (Fsp3) is 0.444. The van der Waals surface area contributed by atoms with E-state index in [9.17, 15) is 9.59 Å². The fourth-order valence-electron chi connectivity index (χ4n) is 2.76. The number of aryl methyl sites for hydroxylation is 1. The van der Waals surface area contributed by atoms with Crippen molar-refractivity contribution in [1.29, 1.82) is 0 Å². The smallest absolute Gasteiger partial charge is 0.233 e. The highest BCUT2D eigenvalue weighted by molar-refractivity contribution is 8.01. The molecule has 0 unspecified atom stereocenters. The predicted molar refractivity (Wildman–Crippen MR) is 104 cm³/mol. The summed E-state index contributed by atoms with van der Waals surface area (Å²) in [6, 6.07) is 9.90. The van der Waals surface area contributed by atoms with Gasteiger partial charge in [-0.3, -0.25) is 9.59 Å². The molecule has 1 aromatic carbocycles. The van der Waals surface area contributed by atoms with E-state index in [1.54, 1.807) is 0 Å². The average molecular weight is 391 g/mol. The van der Waals surface area contributed by atoms with Crippen molar-refractivity contribution in [3.63, 3.8) is 0 Å². The van der Waals surface area contributed by atoms with Crippen molar-refractivity contribution in [2.75, 3.05) is 24.2 Å². The van der Waals surface area contributed by atoms with Crippen molar-refractivity contribution in [2.24, 2.45) is 0 Å². The minimum atomic E-state index is -0.0778. The maximum Gasteiger partial charge on any atom is 0.233 e. The molecular formula is C18H22N4O2S2. The number of carbonyl (C=O) groups excluding carboxylic acids is 2. The van der Waals surface area contributed by atoms with Crippen LogP contribution in [0.15, 0.2) is 34.7 Å². The number of likely N-dealkylation sites (tertiary alicyclic amines) is 1. The minimum Gasteiger partial charge on any atom is -0.342 e. The third-order valence-corrected chi connectivity index (χ3v) is 6.12. The Morgan fingerprint density at radius 3 is 2.65 bits per heavy atom. The standard InChI is InChI=1S/C18H22N4O2S2/c23-15(10-9-14-7-3-1-4-8-14)19-17-20-21-18(26-17)25-13-16(24)22-11-5-2-6-12-22/h1,3-4,7-8H,2,5-6,9-13H2,(H,19,20,23). The maximum absolute atomic E-state index is 12.2. The Labute approximate surface area is 161 Å². The van der Waals surface area contributed by atoms with Gasteiger partial charge in [0.1, 0.15) is 0 Å². The summed E-state index contributed by atoms with van der Waals surface area (Å²) in [6.45, 7) is 1.72. The topological polar surface area (TPSA) is 75.2 Å². The van der Waals surface area contributed by atoms with Crippen LogP contribution in [0.3, 0.4) is 0 Å². The van der Waals surface area contributed by atoms with Gasteiger partial charge in [0.15, 0.2) is 4.34 Å². The van der Waals surface area contributed by atoms with Crippen LogP contribution in [0.25, 0.3) is 0 Å². The summed E-state index contributed by atoms with van der Waals surface area (Å²) < 4.78 is 0.703. The van der Waals surface area contributed by atoms with Crippen LogP contribution in [-0.2, 0) is 16.0 Å². The van der Waals surface area contributed by atoms with Crippen molar-refractivity contribution in [1.82, 2.24) is 15.1 Å². The van der Waals surface area contributed by atoms with E-state index < -0.39 is 0 Å². The van der Waals surface area contributed by atoms with Crippen molar-refractivity contribution < 1.29 is 9.59 Å². The van der Waals surface area contributed by atoms with Crippen molar-refractivity contribution in [3.8, 4) is 0 Å². The molecule has 1 fully saturated rings. The van der Waals surface area contributed by atoms with Gasteiger partial charge in [0.25, 0.3) is 0 Å². The van der Waals surface area contributed by atoms with Gasteiger partial charge in [-0.1, -0.05) is 53.4 Å². The van der Waals surface area contributed by atoms with E-state index in [1.165, 1.54) is 29.5 Å². The summed E-state index contributed by atoms with van der Waals surface area (Å²) in [6.07, 6.45) is 4.49. The Balaban J connectivity index is 1.41. The van der Waals surface area contributed by atoms with Crippen LogP contribution in [0.1, 0.15) is 31.2 Å². The number of aromatic nitrogens is 2. The first kappa shape index (κ1) is 18.8. The molecule has 1 aromatic heterocycles. The molecule has 1 saturated heterocycles. The lowest BCUT2D eigenvalue weighted by Gasteiger charge is -2.26. The molecule has 0 bridgehead atoms. The number of carbonyl (C=O) groups is 2. The zero-order valence-corrected chi connectivity index (χ0v) is 16.2. The Morgan fingerprint density at radius 2 is 1.88 bits per heavy atom. The summed E-state index contributed by atoms with van der Waals surface area (Å²) in [4.78, 5) is 26.1. The molecule has 0 spiro atoms. The number of nitrogens with zero attached hydrogens (tertiary/aromatic N) is 3. The lowest BCUT2D eigenvalue weighted by Crippen LogP contribution is -2.36. The molecule has 8 heteroatoms. The van der Waals surface area contributed by atoms with Crippen LogP contribution in [-0.4, -0.2) is 45.8 Å². The summed E-state index contributed by atoms with van der Waals surface area (Å²) >= 11 is 2.69. The van der Waals surface area contributed by atoms with Gasteiger partial charge in [0.05, 0.1) is 5.75 Å². The molecule has 0 radical (unpaired) electrons. The van der Waals surface area contributed by atoms with Gasteiger partial charge in [0, 0.05) is 19.5 Å². The van der Waals surface area contributed by atoms with Crippen molar-refractivity contribution in [2.45, 2.75) is 36.4 Å². The van der Waals surface area contributed by atoms with E-state index in [-0.39, 0.29) is 11.8 Å². The van der Waals surface area contributed by atoms with Gasteiger partial charge < -0.3 is 10.2 Å². The highest BCUT2D eigenvalue weighted by atomic mass is 32.2. The molecule has 1 aliphatic heterocycles. The predicted octanol–water partition coefficient (Wildman–Crippen LogP) is 3.21. The van der Waals surface area contributed by atoms with Gasteiger partial charge >= 0.3 is 0 Å². The number of anilines is 1. The van der Waals surface area contributed by atoms with E-state index in [1.807, 2.05) is 35.2 Å². The molecule has 1 N–H and O–H groups in total. The van der Waals surface area contributed by atoms with Crippen LogP contribution in [0.5, 0.6) is 0 Å². The van der Waals surface area contributed by atoms with Crippen LogP contribution >= 0.6 is 23.1 Å². The molecule has 0 atom stereocenters. The zero-order valence-electron chi connectivity index (χ0n) is 14.5. The average Bonchev–Trinajstić information content (AvgIpc) is 3.13. The number of thioether (sulfide) groups is 1. The molecule has 138 valence electrons. The number of piperidine rings is 1. The number of amides is 2. The number of hydrogen-bond donors (Lipinski definition) is 1. The number of nitrogens with one attached hydrogen (secondary N) is 1. The Kier molecular flexibility index (Phi) is 7.02. The van der Waals surface area contributed by atoms with Crippen LogP contribution in [0.2, 0.25) is 0 Å². The fourth-order valence-corrected chi connectivity index (χ4v) is 4.43. The second-order valence-electron chi connectivity index (χ2n) is 6.14. The van der Waals surface area contributed by atoms with E-state index in [0.29, 0.717) is 28.1 Å². The van der Waals surface area contributed by atoms with Crippen molar-refractivity contribution in [3.05, 3.63) is 35.9 Å². The molecule has 1 aliphatic rings. The summed E-state index contributed by atoms with van der Waals surface area (Å²) in [5, 5.41) is 11.3. The van der Waals surface area contributed by atoms with Crippen LogP contribution in [0, 0.1) is 0 Å². The lowest BCUT2D eigenvalue weighted by molar-refractivity contribution is -0.129. The lowest BCUT2D eigenvalue weighted by atomic mass is 10.1. The highest BCUT2D eigenvalue weighted by Gasteiger charge is 2.17. The van der Waals surface area contributed by atoms with E-state index >= 15 is 0 Å². The third kappa shape index (κ3) is 5.81. The van der Waals surface area contributed by atoms with Crippen LogP contribution in [0.4, 0.5) is 5.13 Å². The monoisotopic (exact) mass is 390 g/mol. The molecule has 0 saturated carbocycles. The van der Waals surface area contributed by atoms with Gasteiger partial charge in [-0.15, -0.1) is 10.2 Å². The molecule has 3 rings (SSSR count). The number of rotatable bonds is 7. The second-order valence-corrected chi connectivity index (χ2v) is 8.34. The van der Waals surface area contributed by atoms with E-state index in [2.05, 4.69) is 15.5 Å². The largest absolute Gasteiger partial charge is 0.342 e. The maximum atomic E-state index is 12.2. The molecule has 2 aromatic rings. The van der Waals surface area contributed by atoms with Crippen LogP contribution < -0.4 is 5.32 Å². The molecule has 26 heavy (non-hydrogen) atoms. The first-order chi connectivity index (χ1) is 12.7. The van der Waals surface area contributed by atoms with Gasteiger partial charge in [-0.2, -0.15) is 0 Å². The quantitative estimate of drug-likeness (QED) is 0.580. The molecule has 0 aliphatic carbocycles. The third-order valence-electron chi connectivity index (χ3n) is 4.16. The number of benzene rings is 1. The van der Waals surface area contributed by atoms with E-state index in [4.69, 9.17) is 0 Å². The Hall–Kier alpha value is -1.93. The summed E-state index contributed by atoms with van der Waals surface area (Å²) in [5.41, 5.74) is 1.13. The summed E-state index contributed by atoms with van der Waals surface area (Å²) in [7, 11) is 0.